The lowest BCUT2D eigenvalue weighted by atomic mass is 9.95. The van der Waals surface area contributed by atoms with Crippen LogP contribution in [0.3, 0.4) is 0 Å². The summed E-state index contributed by atoms with van der Waals surface area (Å²) in [4.78, 5) is 16.9. The van der Waals surface area contributed by atoms with E-state index in [0.29, 0.717) is 28.2 Å². The van der Waals surface area contributed by atoms with Crippen molar-refractivity contribution in [2.45, 2.75) is 38.9 Å². The van der Waals surface area contributed by atoms with Crippen LogP contribution >= 0.6 is 23.2 Å². The monoisotopic (exact) mass is 410 g/mol. The fourth-order valence-electron chi connectivity index (χ4n) is 4.02. The lowest BCUT2D eigenvalue weighted by Gasteiger charge is -2.39. The average molecular weight is 411 g/mol. The zero-order chi connectivity index (χ0) is 19.4. The lowest BCUT2D eigenvalue weighted by molar-refractivity contribution is -0.127. The molecule has 1 aromatic rings. The Morgan fingerprint density at radius 1 is 1.15 bits per heavy atom. The van der Waals surface area contributed by atoms with Gasteiger partial charge in [-0.3, -0.25) is 9.69 Å². The van der Waals surface area contributed by atoms with Crippen molar-refractivity contribution in [3.05, 3.63) is 39.9 Å². The highest BCUT2D eigenvalue weighted by Crippen LogP contribution is 2.24. The van der Waals surface area contributed by atoms with Gasteiger partial charge in [0.25, 0.3) is 0 Å². The van der Waals surface area contributed by atoms with Crippen LogP contribution in [0.5, 0.6) is 0 Å². The Labute approximate surface area is 172 Å². The molecule has 1 aromatic carbocycles. The molecule has 0 radical (unpaired) electrons. The van der Waals surface area contributed by atoms with Crippen LogP contribution in [0.25, 0.3) is 6.08 Å². The first-order valence-electron chi connectivity index (χ1n) is 9.70. The van der Waals surface area contributed by atoms with Gasteiger partial charge in [0, 0.05) is 38.8 Å². The van der Waals surface area contributed by atoms with Crippen molar-refractivity contribution >= 4 is 35.2 Å². The number of carbonyl (C=O) groups is 1. The molecule has 0 aromatic heterocycles. The first-order valence-corrected chi connectivity index (χ1v) is 10.5. The maximum atomic E-state index is 12.5. The molecule has 148 valence electrons. The van der Waals surface area contributed by atoms with E-state index in [4.69, 9.17) is 27.9 Å². The molecule has 2 fully saturated rings. The first kappa shape index (κ1) is 20.7. The van der Waals surface area contributed by atoms with E-state index in [-0.39, 0.29) is 5.91 Å². The van der Waals surface area contributed by atoms with Gasteiger partial charge in [-0.25, -0.2) is 0 Å². The van der Waals surface area contributed by atoms with Crippen LogP contribution in [0.1, 0.15) is 32.3 Å². The van der Waals surface area contributed by atoms with Gasteiger partial charge in [-0.1, -0.05) is 29.3 Å². The van der Waals surface area contributed by atoms with E-state index < -0.39 is 0 Å². The third-order valence-electron chi connectivity index (χ3n) is 5.30. The van der Waals surface area contributed by atoms with Gasteiger partial charge < -0.3 is 9.64 Å². The summed E-state index contributed by atoms with van der Waals surface area (Å²) in [6.07, 6.45) is 6.17. The van der Waals surface area contributed by atoms with Crippen LogP contribution in [0, 0.1) is 5.92 Å². The maximum Gasteiger partial charge on any atom is 0.246 e. The van der Waals surface area contributed by atoms with Crippen LogP contribution in [0.2, 0.25) is 10.0 Å². The Hall–Kier alpha value is -1.07. The second-order valence-corrected chi connectivity index (χ2v) is 8.57. The topological polar surface area (TPSA) is 32.8 Å². The molecule has 6 heteroatoms. The molecule has 4 nitrogen and oxygen atoms in total. The minimum absolute atomic E-state index is 0.0631. The predicted octanol–water partition coefficient (Wildman–Crippen LogP) is 4.35. The predicted molar refractivity (Wildman–Crippen MR) is 111 cm³/mol. The van der Waals surface area contributed by atoms with Gasteiger partial charge in [0.05, 0.1) is 22.3 Å². The van der Waals surface area contributed by atoms with E-state index >= 15 is 0 Å². The minimum atomic E-state index is 0.0631. The third kappa shape index (κ3) is 5.95. The molecule has 0 saturated carbocycles. The molecule has 0 bridgehead atoms. The number of nitrogens with zero attached hydrogens (tertiary/aromatic N) is 2. The lowest BCUT2D eigenvalue weighted by Crippen LogP contribution is -2.48. The minimum Gasteiger partial charge on any atom is -0.373 e. The molecule has 2 heterocycles. The van der Waals surface area contributed by atoms with Gasteiger partial charge >= 0.3 is 0 Å². The van der Waals surface area contributed by atoms with E-state index in [1.807, 2.05) is 11.0 Å². The van der Waals surface area contributed by atoms with Crippen molar-refractivity contribution in [1.82, 2.24) is 9.80 Å². The second kappa shape index (κ2) is 9.42. The number of likely N-dealkylation sites (tertiary alicyclic amines) is 1. The van der Waals surface area contributed by atoms with Crippen molar-refractivity contribution in [1.29, 1.82) is 0 Å². The summed E-state index contributed by atoms with van der Waals surface area (Å²) in [5, 5.41) is 1.02. The zero-order valence-electron chi connectivity index (χ0n) is 16.0. The standard InChI is InChI=1S/C21H28Cl2N2O2/c1-15-12-24(13-16(2)27-15)14-18-7-9-25(10-8-18)21(26)6-4-17-3-5-19(22)20(23)11-17/h3-6,11,15-16,18H,7-10,12-14H2,1-2H3/b6-4+. The van der Waals surface area contributed by atoms with Gasteiger partial charge in [-0.05, 0) is 56.4 Å². The Morgan fingerprint density at radius 2 is 1.81 bits per heavy atom. The molecule has 2 saturated heterocycles. The number of amides is 1. The fraction of sp³-hybridized carbons (Fsp3) is 0.571. The summed E-state index contributed by atoms with van der Waals surface area (Å²) in [5.74, 6) is 0.721. The number of halogens is 2. The van der Waals surface area contributed by atoms with Crippen molar-refractivity contribution < 1.29 is 9.53 Å². The first-order chi connectivity index (χ1) is 12.9. The Balaban J connectivity index is 1.46. The molecule has 0 N–H and O–H groups in total. The van der Waals surface area contributed by atoms with E-state index in [1.165, 1.54) is 0 Å². The number of carbonyl (C=O) groups excluding carboxylic acids is 1. The summed E-state index contributed by atoms with van der Waals surface area (Å²) >= 11 is 11.9. The van der Waals surface area contributed by atoms with Crippen LogP contribution in [-0.4, -0.2) is 60.6 Å². The Morgan fingerprint density at radius 3 is 2.44 bits per heavy atom. The molecule has 3 rings (SSSR count). The average Bonchev–Trinajstić information content (AvgIpc) is 2.62. The van der Waals surface area contributed by atoms with Gasteiger partial charge in [-0.2, -0.15) is 0 Å². The molecule has 2 atom stereocenters. The van der Waals surface area contributed by atoms with Gasteiger partial charge in [0.15, 0.2) is 0 Å². The highest BCUT2D eigenvalue weighted by Gasteiger charge is 2.27. The molecule has 27 heavy (non-hydrogen) atoms. The van der Waals surface area contributed by atoms with Crippen molar-refractivity contribution in [2.24, 2.45) is 5.92 Å². The van der Waals surface area contributed by atoms with Crippen LogP contribution in [0.4, 0.5) is 0 Å². The number of piperidine rings is 1. The molecular formula is C21H28Cl2N2O2. The largest absolute Gasteiger partial charge is 0.373 e. The number of rotatable bonds is 4. The van der Waals surface area contributed by atoms with Crippen LogP contribution in [-0.2, 0) is 9.53 Å². The summed E-state index contributed by atoms with van der Waals surface area (Å²) in [7, 11) is 0. The van der Waals surface area contributed by atoms with Crippen molar-refractivity contribution in [2.75, 3.05) is 32.7 Å². The second-order valence-electron chi connectivity index (χ2n) is 7.75. The number of morpholine rings is 1. The quantitative estimate of drug-likeness (QED) is 0.691. The third-order valence-corrected chi connectivity index (χ3v) is 6.04. The summed E-state index contributed by atoms with van der Waals surface area (Å²) in [5.41, 5.74) is 0.878. The molecule has 2 unspecified atom stereocenters. The maximum absolute atomic E-state index is 12.5. The van der Waals surface area contributed by atoms with E-state index in [2.05, 4.69) is 18.7 Å². The number of hydrogen-bond donors (Lipinski definition) is 0. The summed E-state index contributed by atoms with van der Waals surface area (Å²) in [6, 6.07) is 5.37. The fourth-order valence-corrected chi connectivity index (χ4v) is 4.33. The molecule has 0 aliphatic carbocycles. The Kier molecular flexibility index (Phi) is 7.21. The number of hydrogen-bond acceptors (Lipinski definition) is 3. The van der Waals surface area contributed by atoms with Gasteiger partial charge in [-0.15, -0.1) is 0 Å². The normalized spacial score (nSPS) is 25.3. The van der Waals surface area contributed by atoms with Crippen molar-refractivity contribution in [3.8, 4) is 0 Å². The van der Waals surface area contributed by atoms with Crippen LogP contribution in [0.15, 0.2) is 24.3 Å². The smallest absolute Gasteiger partial charge is 0.246 e. The van der Waals surface area contributed by atoms with E-state index in [1.54, 1.807) is 24.3 Å². The molecule has 0 spiro atoms. The van der Waals surface area contributed by atoms with Gasteiger partial charge in [0.1, 0.15) is 0 Å². The summed E-state index contributed by atoms with van der Waals surface area (Å²) in [6.45, 7) is 9.06. The summed E-state index contributed by atoms with van der Waals surface area (Å²) < 4.78 is 5.81. The van der Waals surface area contributed by atoms with Crippen LogP contribution < -0.4 is 0 Å². The molecule has 2 aliphatic rings. The number of benzene rings is 1. The Bertz CT molecular complexity index is 677. The SMILES string of the molecule is CC1CN(CC2CCN(C(=O)/C=C/c3ccc(Cl)c(Cl)c3)CC2)CC(C)O1. The van der Waals surface area contributed by atoms with E-state index in [0.717, 1.165) is 51.1 Å². The molecular weight excluding hydrogens is 383 g/mol. The highest BCUT2D eigenvalue weighted by atomic mass is 35.5. The zero-order valence-corrected chi connectivity index (χ0v) is 17.5. The van der Waals surface area contributed by atoms with E-state index in [9.17, 15) is 4.79 Å². The highest BCUT2D eigenvalue weighted by molar-refractivity contribution is 6.42. The van der Waals surface area contributed by atoms with Gasteiger partial charge in [0.2, 0.25) is 5.91 Å². The number of ether oxygens (including phenoxy) is 1. The molecule has 1 amide bonds. The molecule has 2 aliphatic heterocycles. The van der Waals surface area contributed by atoms with Crippen molar-refractivity contribution in [3.63, 3.8) is 0 Å².